The molecular weight excluding hydrogens is 234 g/mol. The maximum absolute atomic E-state index is 8.75. The first kappa shape index (κ1) is 13.2. The molecule has 0 aliphatic rings. The highest BCUT2D eigenvalue weighted by molar-refractivity contribution is 5.65. The van der Waals surface area contributed by atoms with E-state index in [0.717, 1.165) is 22.4 Å². The van der Waals surface area contributed by atoms with E-state index in [-0.39, 0.29) is 0 Å². The van der Waals surface area contributed by atoms with E-state index < -0.39 is 0 Å². The van der Waals surface area contributed by atoms with Crippen LogP contribution >= 0.6 is 0 Å². The van der Waals surface area contributed by atoms with Crippen molar-refractivity contribution in [3.05, 3.63) is 53.6 Å². The van der Waals surface area contributed by atoms with Gasteiger partial charge >= 0.3 is 0 Å². The molecule has 2 rings (SSSR count). The van der Waals surface area contributed by atoms with E-state index in [4.69, 9.17) is 10.00 Å². The molecule has 0 aromatic heterocycles. The van der Waals surface area contributed by atoms with E-state index in [2.05, 4.69) is 30.3 Å². The molecule has 0 saturated carbocycles. The Morgan fingerprint density at radius 2 is 1.74 bits per heavy atom. The second-order valence-corrected chi connectivity index (χ2v) is 4.43. The van der Waals surface area contributed by atoms with Gasteiger partial charge in [-0.25, -0.2) is 0 Å². The number of ether oxygens (including phenoxy) is 1. The molecular formula is C17H17NO. The Bertz CT molecular complexity index is 594. The average Bonchev–Trinajstić information content (AvgIpc) is 2.43. The zero-order chi connectivity index (χ0) is 13.7. The molecule has 0 heterocycles. The quantitative estimate of drug-likeness (QED) is 0.818. The number of nitriles is 1. The Balaban J connectivity index is 2.27. The van der Waals surface area contributed by atoms with Crippen LogP contribution in [-0.4, -0.2) is 6.61 Å². The van der Waals surface area contributed by atoms with Crippen LogP contribution in [0.1, 0.15) is 18.1 Å². The molecule has 0 aliphatic carbocycles. The van der Waals surface area contributed by atoms with E-state index in [9.17, 15) is 0 Å². The molecule has 2 heteroatoms. The van der Waals surface area contributed by atoms with Crippen LogP contribution in [0, 0.1) is 18.3 Å². The highest BCUT2D eigenvalue weighted by atomic mass is 16.5. The van der Waals surface area contributed by atoms with Crippen molar-refractivity contribution in [1.29, 1.82) is 5.26 Å². The molecule has 0 amide bonds. The Morgan fingerprint density at radius 3 is 2.32 bits per heavy atom. The highest BCUT2D eigenvalue weighted by Crippen LogP contribution is 2.24. The Morgan fingerprint density at radius 1 is 1.05 bits per heavy atom. The lowest BCUT2D eigenvalue weighted by Gasteiger charge is -2.08. The van der Waals surface area contributed by atoms with Crippen LogP contribution in [0.25, 0.3) is 11.1 Å². The number of hydrogen-bond donors (Lipinski definition) is 0. The number of rotatable bonds is 4. The molecule has 0 fully saturated rings. The highest BCUT2D eigenvalue weighted by Gasteiger charge is 2.02. The SMILES string of the molecule is CCOc1ccc(-c2ccc(CC#N)c(C)c2)cc1. The van der Waals surface area contributed by atoms with E-state index in [1.165, 1.54) is 5.56 Å². The van der Waals surface area contributed by atoms with Crippen molar-refractivity contribution in [2.75, 3.05) is 6.61 Å². The van der Waals surface area contributed by atoms with Crippen molar-refractivity contribution in [1.82, 2.24) is 0 Å². The van der Waals surface area contributed by atoms with Gasteiger partial charge in [0.2, 0.25) is 0 Å². The molecule has 0 bridgehead atoms. The van der Waals surface area contributed by atoms with Gasteiger partial charge in [0.25, 0.3) is 0 Å². The van der Waals surface area contributed by atoms with E-state index in [0.29, 0.717) is 13.0 Å². The molecule has 0 atom stereocenters. The van der Waals surface area contributed by atoms with Gasteiger partial charge in [-0.3, -0.25) is 0 Å². The summed E-state index contributed by atoms with van der Waals surface area (Å²) in [5.74, 6) is 0.893. The molecule has 96 valence electrons. The van der Waals surface area contributed by atoms with E-state index >= 15 is 0 Å². The number of benzene rings is 2. The summed E-state index contributed by atoms with van der Waals surface area (Å²) >= 11 is 0. The Kier molecular flexibility index (Phi) is 4.20. The lowest BCUT2D eigenvalue weighted by atomic mass is 9.99. The normalized spacial score (nSPS) is 9.95. The number of aryl methyl sites for hydroxylation is 1. The first-order valence-electron chi connectivity index (χ1n) is 6.44. The van der Waals surface area contributed by atoms with Gasteiger partial charge in [0.05, 0.1) is 19.1 Å². The Hall–Kier alpha value is -2.27. The number of hydrogen-bond acceptors (Lipinski definition) is 2. The lowest BCUT2D eigenvalue weighted by molar-refractivity contribution is 0.340. The maximum Gasteiger partial charge on any atom is 0.119 e. The number of nitrogens with zero attached hydrogens (tertiary/aromatic N) is 1. The third-order valence-electron chi connectivity index (χ3n) is 3.11. The van der Waals surface area contributed by atoms with Crippen molar-refractivity contribution < 1.29 is 4.74 Å². The molecule has 0 spiro atoms. The predicted octanol–water partition coefficient (Wildman–Crippen LogP) is 4.13. The largest absolute Gasteiger partial charge is 0.494 e. The van der Waals surface area contributed by atoms with Crippen LogP contribution < -0.4 is 4.74 Å². The van der Waals surface area contributed by atoms with Gasteiger partial charge in [0.1, 0.15) is 5.75 Å². The second kappa shape index (κ2) is 6.06. The van der Waals surface area contributed by atoms with Crippen molar-refractivity contribution in [3.63, 3.8) is 0 Å². The zero-order valence-electron chi connectivity index (χ0n) is 11.3. The standard InChI is InChI=1S/C17H17NO/c1-3-19-17-8-6-15(7-9-17)16-5-4-14(10-11-18)13(2)12-16/h4-9,12H,3,10H2,1-2H3. The summed E-state index contributed by atoms with van der Waals surface area (Å²) in [6, 6.07) is 16.5. The van der Waals surface area contributed by atoms with Crippen molar-refractivity contribution in [3.8, 4) is 22.9 Å². The minimum atomic E-state index is 0.468. The summed E-state index contributed by atoms with van der Waals surface area (Å²) in [7, 11) is 0. The van der Waals surface area contributed by atoms with Gasteiger partial charge in [-0.05, 0) is 48.2 Å². The van der Waals surface area contributed by atoms with Gasteiger partial charge in [-0.15, -0.1) is 0 Å². The molecule has 0 aliphatic heterocycles. The van der Waals surface area contributed by atoms with Crippen molar-refractivity contribution in [2.24, 2.45) is 0 Å². The molecule has 0 saturated heterocycles. The smallest absolute Gasteiger partial charge is 0.119 e. The first-order valence-corrected chi connectivity index (χ1v) is 6.44. The fraction of sp³-hybridized carbons (Fsp3) is 0.235. The topological polar surface area (TPSA) is 33.0 Å². The van der Waals surface area contributed by atoms with Gasteiger partial charge < -0.3 is 4.74 Å². The van der Waals surface area contributed by atoms with Gasteiger partial charge in [0, 0.05) is 0 Å². The summed E-state index contributed by atoms with van der Waals surface area (Å²) in [5, 5.41) is 8.75. The van der Waals surface area contributed by atoms with Crippen LogP contribution in [-0.2, 0) is 6.42 Å². The summed E-state index contributed by atoms with van der Waals surface area (Å²) < 4.78 is 5.44. The molecule has 0 radical (unpaired) electrons. The predicted molar refractivity (Wildman–Crippen MR) is 77.1 cm³/mol. The Labute approximate surface area is 114 Å². The minimum Gasteiger partial charge on any atom is -0.494 e. The minimum absolute atomic E-state index is 0.468. The van der Waals surface area contributed by atoms with Crippen LogP contribution in [0.3, 0.4) is 0 Å². The average molecular weight is 251 g/mol. The van der Waals surface area contributed by atoms with Crippen LogP contribution in [0.2, 0.25) is 0 Å². The summed E-state index contributed by atoms with van der Waals surface area (Å²) in [5.41, 5.74) is 4.59. The molecule has 2 aromatic carbocycles. The maximum atomic E-state index is 8.75. The molecule has 2 aromatic rings. The van der Waals surface area contributed by atoms with Crippen LogP contribution in [0.5, 0.6) is 5.75 Å². The second-order valence-electron chi connectivity index (χ2n) is 4.43. The molecule has 2 nitrogen and oxygen atoms in total. The first-order chi connectivity index (χ1) is 9.24. The van der Waals surface area contributed by atoms with Gasteiger partial charge in [-0.1, -0.05) is 30.3 Å². The monoisotopic (exact) mass is 251 g/mol. The zero-order valence-corrected chi connectivity index (χ0v) is 11.3. The van der Waals surface area contributed by atoms with Crippen LogP contribution in [0.4, 0.5) is 0 Å². The summed E-state index contributed by atoms with van der Waals surface area (Å²) in [6.07, 6.45) is 0.468. The van der Waals surface area contributed by atoms with Gasteiger partial charge in [-0.2, -0.15) is 5.26 Å². The van der Waals surface area contributed by atoms with E-state index in [1.54, 1.807) is 0 Å². The molecule has 0 unspecified atom stereocenters. The van der Waals surface area contributed by atoms with E-state index in [1.807, 2.05) is 32.0 Å². The lowest BCUT2D eigenvalue weighted by Crippen LogP contribution is -1.91. The fourth-order valence-corrected chi connectivity index (χ4v) is 2.07. The molecule has 0 N–H and O–H groups in total. The third-order valence-corrected chi connectivity index (χ3v) is 3.11. The summed E-state index contributed by atoms with van der Waals surface area (Å²) in [6.45, 7) is 4.71. The molecule has 19 heavy (non-hydrogen) atoms. The fourth-order valence-electron chi connectivity index (χ4n) is 2.07. The third kappa shape index (κ3) is 3.14. The van der Waals surface area contributed by atoms with Crippen molar-refractivity contribution >= 4 is 0 Å². The van der Waals surface area contributed by atoms with Crippen LogP contribution in [0.15, 0.2) is 42.5 Å². The van der Waals surface area contributed by atoms with Crippen molar-refractivity contribution in [2.45, 2.75) is 20.3 Å². The van der Waals surface area contributed by atoms with Gasteiger partial charge in [0.15, 0.2) is 0 Å². The summed E-state index contributed by atoms with van der Waals surface area (Å²) in [4.78, 5) is 0.